The fraction of sp³-hybridized carbons (Fsp3) is 0.818. The highest BCUT2D eigenvalue weighted by molar-refractivity contribution is 5.85. The van der Waals surface area contributed by atoms with Gasteiger partial charge in [0.05, 0.1) is 30.7 Å². The maximum atomic E-state index is 13.5. The van der Waals surface area contributed by atoms with E-state index in [0.29, 0.717) is 12.2 Å². The number of rotatable bonds is 5. The number of hydrogen-bond donors (Lipinski definition) is 3. The second-order valence-corrected chi connectivity index (χ2v) is 15.1. The molecule has 5 fully saturated rings. The molecule has 0 aromatic carbocycles. The molecule has 2 aliphatic heterocycles. The third kappa shape index (κ3) is 4.04. The smallest absolute Gasteiger partial charge is 0.343 e. The van der Waals surface area contributed by atoms with Crippen molar-refractivity contribution < 1.29 is 58.2 Å². The van der Waals surface area contributed by atoms with Crippen LogP contribution in [0.5, 0.6) is 0 Å². The number of hydrogen-bond acceptors (Lipinski definition) is 12. The molecule has 6 rings (SSSR count). The van der Waals surface area contributed by atoms with Gasteiger partial charge in [0, 0.05) is 37.2 Å². The van der Waals surface area contributed by atoms with E-state index in [-0.39, 0.29) is 18.4 Å². The highest BCUT2D eigenvalue weighted by Gasteiger charge is 2.79. The summed E-state index contributed by atoms with van der Waals surface area (Å²) in [5.41, 5.74) is -5.35. The van der Waals surface area contributed by atoms with Gasteiger partial charge in [0.15, 0.2) is 5.60 Å². The minimum absolute atomic E-state index is 0.193. The standard InChI is InChI=1S/C33H46O12/c1-13-9-21-32(6,33(7,40)29(39)45-21)24-22(13)31(5)20(42-14(2)35)11-17(16(12-34)23(31)25(24)37)30(4)18(28(38)41-8)10-19-26(44-19)27(30)43-15(3)36/h9,13,16-20,22-27,34,37,40H,10-12H2,1-8H3/t13-,16?,17?,18?,19+,20+,22?,23?,24?,25-,26+,27+,30-,31-,32+,33-/m1/s1. The molecule has 0 radical (unpaired) electrons. The second kappa shape index (κ2) is 10.2. The van der Waals surface area contributed by atoms with Gasteiger partial charge in [-0.3, -0.25) is 14.4 Å². The van der Waals surface area contributed by atoms with Crippen LogP contribution in [-0.4, -0.2) is 89.0 Å². The molecule has 6 unspecified atom stereocenters. The number of ether oxygens (including phenoxy) is 5. The van der Waals surface area contributed by atoms with Gasteiger partial charge in [-0.05, 0) is 62.4 Å². The molecule has 16 atom stereocenters. The van der Waals surface area contributed by atoms with E-state index in [2.05, 4.69) is 0 Å². The van der Waals surface area contributed by atoms with Crippen LogP contribution in [0.2, 0.25) is 0 Å². The number of aliphatic hydroxyl groups is 3. The number of carbonyl (C=O) groups excluding carboxylic acids is 4. The van der Waals surface area contributed by atoms with E-state index in [1.807, 2.05) is 26.8 Å². The summed E-state index contributed by atoms with van der Waals surface area (Å²) in [6.07, 6.45) is -1.28. The quantitative estimate of drug-likeness (QED) is 0.226. The van der Waals surface area contributed by atoms with Gasteiger partial charge < -0.3 is 39.0 Å². The Morgan fingerprint density at radius 3 is 2.22 bits per heavy atom. The van der Waals surface area contributed by atoms with Gasteiger partial charge in [-0.15, -0.1) is 0 Å². The van der Waals surface area contributed by atoms with Crippen LogP contribution in [0.1, 0.15) is 61.3 Å². The molecular weight excluding hydrogens is 588 g/mol. The van der Waals surface area contributed by atoms with E-state index in [0.717, 1.165) is 0 Å². The largest absolute Gasteiger partial charge is 0.469 e. The molecule has 6 aliphatic rings. The summed E-state index contributed by atoms with van der Waals surface area (Å²) in [4.78, 5) is 51.6. The van der Waals surface area contributed by atoms with Crippen LogP contribution < -0.4 is 0 Å². The first kappa shape index (κ1) is 32.4. The number of epoxide rings is 1. The Balaban J connectivity index is 1.54. The monoisotopic (exact) mass is 634 g/mol. The first-order chi connectivity index (χ1) is 20.9. The fourth-order valence-corrected chi connectivity index (χ4v) is 11.2. The van der Waals surface area contributed by atoms with Crippen LogP contribution >= 0.6 is 0 Å². The van der Waals surface area contributed by atoms with Gasteiger partial charge in [0.2, 0.25) is 0 Å². The molecular formula is C33H46O12. The third-order valence-corrected chi connectivity index (χ3v) is 13.3. The molecule has 250 valence electrons. The van der Waals surface area contributed by atoms with E-state index >= 15 is 0 Å². The average Bonchev–Trinajstić information content (AvgIpc) is 3.65. The van der Waals surface area contributed by atoms with Gasteiger partial charge in [0.1, 0.15) is 24.1 Å². The summed E-state index contributed by atoms with van der Waals surface area (Å²) in [6, 6.07) is 0. The summed E-state index contributed by atoms with van der Waals surface area (Å²) in [5, 5.41) is 35.4. The lowest BCUT2D eigenvalue weighted by molar-refractivity contribution is -0.214. The number of fused-ring (bicyclic) bond motifs is 6. The minimum atomic E-state index is -1.96. The number of esters is 4. The lowest BCUT2D eigenvalue weighted by atomic mass is 9.46. The summed E-state index contributed by atoms with van der Waals surface area (Å²) in [7, 11) is 1.29. The molecule has 12 nitrogen and oxygen atoms in total. The lowest BCUT2D eigenvalue weighted by Crippen LogP contribution is -2.64. The van der Waals surface area contributed by atoms with Crippen LogP contribution in [-0.2, 0) is 42.9 Å². The first-order valence-electron chi connectivity index (χ1n) is 16.0. The zero-order valence-corrected chi connectivity index (χ0v) is 27.1. The predicted molar refractivity (Wildman–Crippen MR) is 153 cm³/mol. The van der Waals surface area contributed by atoms with Gasteiger partial charge in [0.25, 0.3) is 0 Å². The molecule has 2 heterocycles. The van der Waals surface area contributed by atoms with E-state index in [1.165, 1.54) is 27.9 Å². The predicted octanol–water partition coefficient (Wildman–Crippen LogP) is 1.52. The Morgan fingerprint density at radius 1 is 1.00 bits per heavy atom. The molecule has 2 saturated heterocycles. The van der Waals surface area contributed by atoms with Gasteiger partial charge in [-0.2, -0.15) is 0 Å². The van der Waals surface area contributed by atoms with E-state index in [9.17, 15) is 34.5 Å². The van der Waals surface area contributed by atoms with Crippen molar-refractivity contribution in [3.8, 4) is 0 Å². The molecule has 0 spiro atoms. The van der Waals surface area contributed by atoms with E-state index in [1.54, 1.807) is 6.92 Å². The average molecular weight is 635 g/mol. The number of allylic oxidation sites excluding steroid dienone is 1. The number of carbonyl (C=O) groups is 4. The summed E-state index contributed by atoms with van der Waals surface area (Å²) < 4.78 is 28.8. The molecule has 0 bridgehead atoms. The van der Waals surface area contributed by atoms with Gasteiger partial charge in [-0.25, -0.2) is 4.79 Å². The SMILES string of the molecule is COC(=O)C1C[C@@H]2O[C@@H]2[C@H](OC(C)=O)[C@]1(C)C1C[C@H](OC(C)=O)[C@@]2(C)C(C1CO)[C@@H](O)C1C2[C@H](C)C=C2OC(=O)[C@@](C)(O)[C@@]21C. The Hall–Kier alpha value is -2.54. The molecule has 3 N–H and O–H groups in total. The topological polar surface area (TPSA) is 178 Å². The van der Waals surface area contributed by atoms with Crippen molar-refractivity contribution in [2.24, 2.45) is 57.7 Å². The number of methoxy groups -OCH3 is 1. The number of aliphatic hydroxyl groups excluding tert-OH is 2. The molecule has 0 aromatic rings. The highest BCUT2D eigenvalue weighted by Crippen LogP contribution is 2.73. The fourth-order valence-electron chi connectivity index (χ4n) is 11.2. The summed E-state index contributed by atoms with van der Waals surface area (Å²) >= 11 is 0. The van der Waals surface area contributed by atoms with Gasteiger partial charge >= 0.3 is 23.9 Å². The van der Waals surface area contributed by atoms with Crippen molar-refractivity contribution in [1.82, 2.24) is 0 Å². The highest BCUT2D eigenvalue weighted by atomic mass is 16.6. The minimum Gasteiger partial charge on any atom is -0.469 e. The Kier molecular flexibility index (Phi) is 7.36. The van der Waals surface area contributed by atoms with Crippen LogP contribution in [0.4, 0.5) is 0 Å². The van der Waals surface area contributed by atoms with Crippen molar-refractivity contribution in [3.63, 3.8) is 0 Å². The van der Waals surface area contributed by atoms with Crippen LogP contribution in [0.15, 0.2) is 11.8 Å². The van der Waals surface area contributed by atoms with E-state index < -0.39 is 112 Å². The van der Waals surface area contributed by atoms with Crippen molar-refractivity contribution >= 4 is 23.9 Å². The zero-order valence-electron chi connectivity index (χ0n) is 27.1. The van der Waals surface area contributed by atoms with Crippen molar-refractivity contribution in [2.45, 2.75) is 97.4 Å². The Labute approximate surface area is 262 Å². The molecule has 0 amide bonds. The molecule has 45 heavy (non-hydrogen) atoms. The van der Waals surface area contributed by atoms with Gasteiger partial charge in [-0.1, -0.05) is 20.8 Å². The van der Waals surface area contributed by atoms with E-state index in [4.69, 9.17) is 23.7 Å². The molecule has 3 saturated carbocycles. The third-order valence-electron chi connectivity index (χ3n) is 13.3. The van der Waals surface area contributed by atoms with Crippen LogP contribution in [0.3, 0.4) is 0 Å². The van der Waals surface area contributed by atoms with Crippen molar-refractivity contribution in [2.75, 3.05) is 13.7 Å². The zero-order chi connectivity index (χ0) is 33.2. The van der Waals surface area contributed by atoms with Crippen LogP contribution in [0.25, 0.3) is 0 Å². The lowest BCUT2D eigenvalue weighted by Gasteiger charge is -2.59. The second-order valence-electron chi connectivity index (χ2n) is 15.1. The molecule has 4 aliphatic carbocycles. The first-order valence-corrected chi connectivity index (χ1v) is 16.0. The maximum absolute atomic E-state index is 13.5. The molecule has 12 heteroatoms. The normalized spacial score (nSPS) is 52.7. The summed E-state index contributed by atoms with van der Waals surface area (Å²) in [5.74, 6) is -6.27. The van der Waals surface area contributed by atoms with Crippen molar-refractivity contribution in [3.05, 3.63) is 11.8 Å². The van der Waals surface area contributed by atoms with Crippen molar-refractivity contribution in [1.29, 1.82) is 0 Å². The Morgan fingerprint density at radius 2 is 1.64 bits per heavy atom. The maximum Gasteiger partial charge on any atom is 0.343 e. The summed E-state index contributed by atoms with van der Waals surface area (Å²) in [6.45, 7) is 11.1. The molecule has 0 aromatic heterocycles. The Bertz CT molecular complexity index is 1340. The van der Waals surface area contributed by atoms with Crippen LogP contribution in [0, 0.1) is 57.7 Å².